The third-order valence-corrected chi connectivity index (χ3v) is 2.59. The first-order chi connectivity index (χ1) is 8.41. The van der Waals surface area contributed by atoms with Crippen LogP contribution in [0.2, 0.25) is 0 Å². The third kappa shape index (κ3) is 12.2. The van der Waals surface area contributed by atoms with Gasteiger partial charge in [0.2, 0.25) is 0 Å². The van der Waals surface area contributed by atoms with Crippen LogP contribution in [0.3, 0.4) is 0 Å². The van der Waals surface area contributed by atoms with Gasteiger partial charge in [-0.3, -0.25) is 0 Å². The van der Waals surface area contributed by atoms with E-state index in [0.29, 0.717) is 3.39 Å². The first kappa shape index (κ1) is 19.7. The lowest BCUT2D eigenvalue weighted by Crippen LogP contribution is -2.34. The summed E-state index contributed by atoms with van der Waals surface area (Å²) in [7, 11) is 0. The van der Waals surface area contributed by atoms with Crippen molar-refractivity contribution in [2.75, 3.05) is 13.2 Å². The van der Waals surface area contributed by atoms with Crippen molar-refractivity contribution in [1.29, 1.82) is 0 Å². The van der Waals surface area contributed by atoms with Gasteiger partial charge in [-0.1, -0.05) is 15.9 Å². The second-order valence-corrected chi connectivity index (χ2v) is 6.95. The molecule has 0 N–H and O–H groups in total. The standard InChI is InChI=1S/C8H7Br3F6O2/c9-4(1-5(10)11)6(18-2-7(12,13)14)19-3-8(15,16)17/h1,4,6H,2-3H2. The van der Waals surface area contributed by atoms with E-state index in [9.17, 15) is 26.3 Å². The molecule has 0 saturated carbocycles. The van der Waals surface area contributed by atoms with Gasteiger partial charge in [-0.05, 0) is 37.9 Å². The van der Waals surface area contributed by atoms with E-state index in [1.165, 1.54) is 6.08 Å². The molecular formula is C8H7Br3F6O2. The van der Waals surface area contributed by atoms with Crippen LogP contribution in [-0.2, 0) is 9.47 Å². The van der Waals surface area contributed by atoms with E-state index in [1.807, 2.05) is 0 Å². The van der Waals surface area contributed by atoms with Crippen molar-refractivity contribution in [2.45, 2.75) is 23.5 Å². The molecule has 0 aliphatic heterocycles. The van der Waals surface area contributed by atoms with Gasteiger partial charge >= 0.3 is 12.4 Å². The van der Waals surface area contributed by atoms with Gasteiger partial charge in [0.15, 0.2) is 6.29 Å². The van der Waals surface area contributed by atoms with Crippen LogP contribution in [0, 0.1) is 0 Å². The van der Waals surface area contributed by atoms with E-state index in [-0.39, 0.29) is 0 Å². The summed E-state index contributed by atoms with van der Waals surface area (Å²) in [6.45, 7) is -3.43. The molecule has 1 atom stereocenters. The Morgan fingerprint density at radius 3 is 1.58 bits per heavy atom. The van der Waals surface area contributed by atoms with Crippen LogP contribution in [0.25, 0.3) is 0 Å². The highest BCUT2D eigenvalue weighted by atomic mass is 79.9. The summed E-state index contributed by atoms with van der Waals surface area (Å²) in [5.41, 5.74) is 0. The molecule has 11 heteroatoms. The predicted octanol–water partition coefficient (Wildman–Crippen LogP) is 4.87. The molecule has 0 aromatic rings. The summed E-state index contributed by atoms with van der Waals surface area (Å²) in [6, 6.07) is 0. The first-order valence-corrected chi connectivity index (χ1v) is 6.94. The molecule has 0 aromatic carbocycles. The molecule has 1 unspecified atom stereocenters. The Morgan fingerprint density at radius 2 is 1.32 bits per heavy atom. The molecule has 0 amide bonds. The SMILES string of the molecule is FC(F)(F)COC(OCC(F)(F)F)C(Br)C=C(Br)Br. The molecule has 0 rings (SSSR count). The van der Waals surface area contributed by atoms with Gasteiger partial charge in [-0.2, -0.15) is 26.3 Å². The number of hydrogen-bond acceptors (Lipinski definition) is 2. The molecule has 0 aliphatic carbocycles. The maximum Gasteiger partial charge on any atom is 0.411 e. The summed E-state index contributed by atoms with van der Waals surface area (Å²) >= 11 is 8.69. The van der Waals surface area contributed by atoms with Crippen LogP contribution in [-0.4, -0.2) is 36.7 Å². The normalized spacial score (nSPS) is 14.6. The van der Waals surface area contributed by atoms with Gasteiger partial charge in [-0.15, -0.1) is 0 Å². The molecule has 0 aliphatic rings. The van der Waals surface area contributed by atoms with Crippen molar-refractivity contribution in [2.24, 2.45) is 0 Å². The molecule has 0 heterocycles. The number of ether oxygens (including phenoxy) is 2. The Morgan fingerprint density at radius 1 is 0.947 bits per heavy atom. The Labute approximate surface area is 129 Å². The van der Waals surface area contributed by atoms with E-state index < -0.39 is 36.7 Å². The fourth-order valence-electron chi connectivity index (χ4n) is 0.784. The summed E-state index contributed by atoms with van der Waals surface area (Å²) < 4.78 is 80.7. The molecule has 0 saturated heterocycles. The predicted molar refractivity (Wildman–Crippen MR) is 66.5 cm³/mol. The van der Waals surface area contributed by atoms with E-state index in [1.54, 1.807) is 0 Å². The minimum Gasteiger partial charge on any atom is -0.342 e. The van der Waals surface area contributed by atoms with E-state index in [2.05, 4.69) is 57.3 Å². The van der Waals surface area contributed by atoms with Gasteiger partial charge in [-0.25, -0.2) is 0 Å². The van der Waals surface area contributed by atoms with Crippen molar-refractivity contribution < 1.29 is 35.8 Å². The third-order valence-electron chi connectivity index (χ3n) is 1.37. The molecule has 0 fully saturated rings. The van der Waals surface area contributed by atoms with Crippen molar-refractivity contribution in [1.82, 2.24) is 0 Å². The maximum atomic E-state index is 12.0. The van der Waals surface area contributed by atoms with Crippen LogP contribution in [0.5, 0.6) is 0 Å². The van der Waals surface area contributed by atoms with Crippen molar-refractivity contribution in [3.8, 4) is 0 Å². The van der Waals surface area contributed by atoms with Gasteiger partial charge in [0, 0.05) is 0 Å². The monoisotopic (exact) mass is 486 g/mol. The minimum atomic E-state index is -4.66. The number of hydrogen-bond donors (Lipinski definition) is 0. The minimum absolute atomic E-state index is 0.318. The fourth-order valence-corrected chi connectivity index (χ4v) is 2.63. The number of alkyl halides is 7. The molecule has 2 nitrogen and oxygen atoms in total. The lowest BCUT2D eigenvalue weighted by atomic mass is 10.4. The second kappa shape index (κ2) is 8.20. The molecule has 0 bridgehead atoms. The Kier molecular flexibility index (Phi) is 8.50. The zero-order chi connectivity index (χ0) is 15.3. The zero-order valence-corrected chi connectivity index (χ0v) is 13.6. The number of rotatable bonds is 6. The summed E-state index contributed by atoms with van der Waals surface area (Å²) in [4.78, 5) is -1.01. The van der Waals surface area contributed by atoms with E-state index >= 15 is 0 Å². The molecule has 0 spiro atoms. The quantitative estimate of drug-likeness (QED) is 0.302. The van der Waals surface area contributed by atoms with Crippen LogP contribution < -0.4 is 0 Å². The van der Waals surface area contributed by atoms with Gasteiger partial charge in [0.05, 0.1) is 8.22 Å². The maximum absolute atomic E-state index is 12.0. The topological polar surface area (TPSA) is 18.5 Å². The van der Waals surface area contributed by atoms with Crippen LogP contribution in [0.15, 0.2) is 9.47 Å². The molecule has 0 aromatic heterocycles. The van der Waals surface area contributed by atoms with Crippen LogP contribution in [0.4, 0.5) is 26.3 Å². The van der Waals surface area contributed by atoms with Gasteiger partial charge < -0.3 is 9.47 Å². The molecular weight excluding hydrogens is 482 g/mol. The fraction of sp³-hybridized carbons (Fsp3) is 0.750. The second-order valence-electron chi connectivity index (χ2n) is 3.12. The van der Waals surface area contributed by atoms with Crippen molar-refractivity contribution >= 4 is 47.8 Å². The zero-order valence-electron chi connectivity index (χ0n) is 8.86. The van der Waals surface area contributed by atoms with Gasteiger partial charge in [0.25, 0.3) is 0 Å². The summed E-state index contributed by atoms with van der Waals surface area (Å²) in [5, 5.41) is 0. The van der Waals surface area contributed by atoms with Gasteiger partial charge in [0.1, 0.15) is 13.2 Å². The highest BCUT2D eigenvalue weighted by molar-refractivity contribution is 9.28. The molecule has 19 heavy (non-hydrogen) atoms. The summed E-state index contributed by atoms with van der Waals surface area (Å²) in [6.07, 6.45) is -9.84. The summed E-state index contributed by atoms with van der Waals surface area (Å²) in [5.74, 6) is 0. The van der Waals surface area contributed by atoms with Crippen LogP contribution in [0.1, 0.15) is 0 Å². The van der Waals surface area contributed by atoms with E-state index in [0.717, 1.165) is 0 Å². The first-order valence-electron chi connectivity index (χ1n) is 4.44. The van der Waals surface area contributed by atoms with E-state index in [4.69, 9.17) is 0 Å². The smallest absolute Gasteiger partial charge is 0.342 e. The molecule has 0 radical (unpaired) electrons. The highest BCUT2D eigenvalue weighted by Crippen LogP contribution is 2.25. The average molecular weight is 489 g/mol. The Balaban J connectivity index is 4.59. The lowest BCUT2D eigenvalue weighted by molar-refractivity contribution is -0.255. The largest absolute Gasteiger partial charge is 0.411 e. The Bertz CT molecular complexity index is 282. The van der Waals surface area contributed by atoms with Crippen LogP contribution >= 0.6 is 47.8 Å². The number of halogens is 9. The van der Waals surface area contributed by atoms with Crippen molar-refractivity contribution in [3.63, 3.8) is 0 Å². The highest BCUT2D eigenvalue weighted by Gasteiger charge is 2.34. The molecule has 114 valence electrons. The average Bonchev–Trinajstić information content (AvgIpc) is 2.12. The van der Waals surface area contributed by atoms with Crippen molar-refractivity contribution in [3.05, 3.63) is 9.47 Å². The Hall–Kier alpha value is 0.680. The lowest BCUT2D eigenvalue weighted by Gasteiger charge is -2.22.